The highest BCUT2D eigenvalue weighted by molar-refractivity contribution is 6.01. The van der Waals surface area contributed by atoms with E-state index in [2.05, 4.69) is 10.6 Å². The summed E-state index contributed by atoms with van der Waals surface area (Å²) < 4.78 is 10.6. The van der Waals surface area contributed by atoms with Crippen molar-refractivity contribution in [2.75, 3.05) is 13.2 Å². The van der Waals surface area contributed by atoms with Crippen LogP contribution < -0.4 is 10.6 Å². The van der Waals surface area contributed by atoms with Crippen molar-refractivity contribution in [3.8, 4) is 0 Å². The molecule has 0 radical (unpaired) electrons. The van der Waals surface area contributed by atoms with Crippen molar-refractivity contribution >= 4 is 29.8 Å². The number of benzene rings is 2. The normalized spacial score (nSPS) is 17.5. The molecule has 36 heavy (non-hydrogen) atoms. The Morgan fingerprint density at radius 3 is 2.22 bits per heavy atom. The fraction of sp³-hybridized carbons (Fsp3) is 0.269. The number of amides is 4. The van der Waals surface area contributed by atoms with Gasteiger partial charge in [0.25, 0.3) is 0 Å². The summed E-state index contributed by atoms with van der Waals surface area (Å²) in [5.41, 5.74) is 1.87. The molecular formula is C26H25N3O7. The van der Waals surface area contributed by atoms with E-state index in [1.807, 2.05) is 6.07 Å². The summed E-state index contributed by atoms with van der Waals surface area (Å²) in [7, 11) is 0. The minimum atomic E-state index is -0.775. The first-order valence-corrected chi connectivity index (χ1v) is 11.5. The third kappa shape index (κ3) is 5.43. The molecule has 2 heterocycles. The fourth-order valence-electron chi connectivity index (χ4n) is 4.03. The molecule has 4 amide bonds. The molecule has 10 nitrogen and oxygen atoms in total. The number of hydrogen-bond acceptors (Lipinski definition) is 7. The zero-order valence-corrected chi connectivity index (χ0v) is 19.6. The van der Waals surface area contributed by atoms with E-state index in [0.717, 1.165) is 0 Å². The van der Waals surface area contributed by atoms with E-state index in [-0.39, 0.29) is 61.2 Å². The Bertz CT molecular complexity index is 1210. The Kier molecular flexibility index (Phi) is 7.43. The first-order valence-electron chi connectivity index (χ1n) is 11.5. The highest BCUT2D eigenvalue weighted by atomic mass is 16.5. The van der Waals surface area contributed by atoms with Crippen LogP contribution in [0.4, 0.5) is 4.79 Å². The van der Waals surface area contributed by atoms with E-state index in [1.54, 1.807) is 43.3 Å². The molecule has 1 atom stereocenters. The molecule has 10 heteroatoms. The summed E-state index contributed by atoms with van der Waals surface area (Å²) in [5.74, 6) is -1.74. The van der Waals surface area contributed by atoms with Gasteiger partial charge in [-0.3, -0.25) is 14.5 Å². The van der Waals surface area contributed by atoms with Gasteiger partial charge in [0.2, 0.25) is 11.8 Å². The summed E-state index contributed by atoms with van der Waals surface area (Å²) in [4.78, 5) is 62.6. The minimum absolute atomic E-state index is 0.127. The number of likely N-dealkylation sites (tertiary alicyclic amines) is 1. The summed E-state index contributed by atoms with van der Waals surface area (Å²) >= 11 is 0. The molecule has 186 valence electrons. The van der Waals surface area contributed by atoms with Gasteiger partial charge in [-0.2, -0.15) is 0 Å². The molecule has 2 N–H and O–H groups in total. The predicted molar refractivity (Wildman–Crippen MR) is 126 cm³/mol. The number of nitrogens with one attached hydrogen (secondary N) is 2. The van der Waals surface area contributed by atoms with Gasteiger partial charge in [-0.05, 0) is 30.2 Å². The minimum Gasteiger partial charge on any atom is -0.463 e. The van der Waals surface area contributed by atoms with Crippen LogP contribution >= 0.6 is 0 Å². The van der Waals surface area contributed by atoms with Gasteiger partial charge in [-0.1, -0.05) is 42.5 Å². The van der Waals surface area contributed by atoms with Crippen LogP contribution in [0.2, 0.25) is 0 Å². The first kappa shape index (κ1) is 24.6. The average Bonchev–Trinajstić information content (AvgIpc) is 3.20. The quantitative estimate of drug-likeness (QED) is 0.428. The lowest BCUT2D eigenvalue weighted by Crippen LogP contribution is -2.47. The zero-order valence-electron chi connectivity index (χ0n) is 19.6. The topological polar surface area (TPSA) is 131 Å². The van der Waals surface area contributed by atoms with Gasteiger partial charge < -0.3 is 20.1 Å². The van der Waals surface area contributed by atoms with Crippen molar-refractivity contribution in [1.82, 2.24) is 15.5 Å². The molecule has 1 unspecified atom stereocenters. The van der Waals surface area contributed by atoms with Crippen molar-refractivity contribution in [3.05, 3.63) is 82.6 Å². The van der Waals surface area contributed by atoms with Crippen molar-refractivity contribution in [2.45, 2.75) is 32.4 Å². The molecule has 2 aliphatic rings. The van der Waals surface area contributed by atoms with Crippen LogP contribution in [0.15, 0.2) is 65.9 Å². The number of nitrogens with zero attached hydrogens (tertiary/aromatic N) is 1. The van der Waals surface area contributed by atoms with Crippen LogP contribution in [0.1, 0.15) is 47.3 Å². The second-order valence-corrected chi connectivity index (χ2v) is 8.20. The Labute approximate surface area is 207 Å². The van der Waals surface area contributed by atoms with Gasteiger partial charge in [0.15, 0.2) is 0 Å². The molecule has 0 aromatic heterocycles. The summed E-state index contributed by atoms with van der Waals surface area (Å²) in [6, 6.07) is 13.9. The average molecular weight is 492 g/mol. The molecule has 0 aliphatic carbocycles. The molecule has 2 aromatic rings. The lowest BCUT2D eigenvalue weighted by Gasteiger charge is -2.29. The number of carbonyl (C=O) groups excluding carboxylic acids is 5. The monoisotopic (exact) mass is 491 g/mol. The Balaban J connectivity index is 1.49. The van der Waals surface area contributed by atoms with Crippen LogP contribution in [0.25, 0.3) is 0 Å². The van der Waals surface area contributed by atoms with Crippen molar-refractivity contribution < 1.29 is 33.4 Å². The number of hydrogen-bond donors (Lipinski definition) is 2. The van der Waals surface area contributed by atoms with E-state index >= 15 is 0 Å². The number of imide groups is 1. The maximum Gasteiger partial charge on any atom is 0.338 e. The largest absolute Gasteiger partial charge is 0.463 e. The highest BCUT2D eigenvalue weighted by Crippen LogP contribution is 2.28. The van der Waals surface area contributed by atoms with E-state index in [0.29, 0.717) is 11.1 Å². The number of urea groups is 1. The summed E-state index contributed by atoms with van der Waals surface area (Å²) in [6.07, 6.45) is 0.425. The highest BCUT2D eigenvalue weighted by Gasteiger charge is 2.34. The number of carbonyl (C=O) groups is 5. The predicted octanol–water partition coefficient (Wildman–Crippen LogP) is 2.36. The van der Waals surface area contributed by atoms with E-state index < -0.39 is 24.0 Å². The van der Waals surface area contributed by atoms with Crippen LogP contribution in [0.3, 0.4) is 0 Å². The Hall–Kier alpha value is -4.47. The molecule has 1 fully saturated rings. The standard InChI is InChI=1S/C26H25N3O7/c1-2-35-25(33)22-19(27-26(34)28-23(22)17-6-4-3-5-7-17)15-36-24(32)18-10-8-16(9-11-18)14-29-20(30)12-13-21(29)31/h3-11,23H,2,12-15H2,1H3,(H2,27,28,34). The van der Waals surface area contributed by atoms with Gasteiger partial charge >= 0.3 is 18.0 Å². The molecule has 0 saturated carbocycles. The zero-order chi connectivity index (χ0) is 25.7. The number of rotatable bonds is 8. The van der Waals surface area contributed by atoms with Crippen LogP contribution in [0.5, 0.6) is 0 Å². The van der Waals surface area contributed by atoms with E-state index in [9.17, 15) is 24.0 Å². The third-order valence-corrected chi connectivity index (χ3v) is 5.81. The van der Waals surface area contributed by atoms with Gasteiger partial charge in [0.1, 0.15) is 6.61 Å². The van der Waals surface area contributed by atoms with Crippen LogP contribution in [-0.2, 0) is 30.4 Å². The summed E-state index contributed by atoms with van der Waals surface area (Å²) in [5, 5.41) is 5.26. The molecule has 0 spiro atoms. The van der Waals surface area contributed by atoms with E-state index in [1.165, 1.54) is 17.0 Å². The molecular weight excluding hydrogens is 466 g/mol. The van der Waals surface area contributed by atoms with Gasteiger partial charge in [-0.25, -0.2) is 14.4 Å². The molecule has 4 rings (SSSR count). The number of ether oxygens (including phenoxy) is 2. The number of esters is 2. The third-order valence-electron chi connectivity index (χ3n) is 5.81. The molecule has 2 aliphatic heterocycles. The molecule has 0 bridgehead atoms. The van der Waals surface area contributed by atoms with Crippen molar-refractivity contribution in [3.63, 3.8) is 0 Å². The maximum absolute atomic E-state index is 12.8. The fourth-order valence-corrected chi connectivity index (χ4v) is 4.03. The SMILES string of the molecule is CCOC(=O)C1=C(COC(=O)c2ccc(CN3C(=O)CCC3=O)cc2)NC(=O)NC1c1ccccc1. The van der Waals surface area contributed by atoms with Gasteiger partial charge in [0, 0.05) is 12.8 Å². The van der Waals surface area contributed by atoms with Crippen LogP contribution in [0, 0.1) is 0 Å². The van der Waals surface area contributed by atoms with E-state index in [4.69, 9.17) is 9.47 Å². The smallest absolute Gasteiger partial charge is 0.338 e. The second-order valence-electron chi connectivity index (χ2n) is 8.20. The van der Waals surface area contributed by atoms with Crippen molar-refractivity contribution in [1.29, 1.82) is 0 Å². The van der Waals surface area contributed by atoms with Crippen LogP contribution in [-0.4, -0.2) is 47.9 Å². The molecule has 1 saturated heterocycles. The molecule has 2 aromatic carbocycles. The lowest BCUT2D eigenvalue weighted by molar-refractivity contribution is -0.140. The van der Waals surface area contributed by atoms with Crippen molar-refractivity contribution in [2.24, 2.45) is 0 Å². The Morgan fingerprint density at radius 2 is 1.58 bits per heavy atom. The summed E-state index contributed by atoms with van der Waals surface area (Å²) in [6.45, 7) is 1.58. The second kappa shape index (κ2) is 10.9. The van der Waals surface area contributed by atoms with Gasteiger partial charge in [0.05, 0.1) is 36.0 Å². The Morgan fingerprint density at radius 1 is 0.917 bits per heavy atom. The maximum atomic E-state index is 12.8. The van der Waals surface area contributed by atoms with Gasteiger partial charge in [-0.15, -0.1) is 0 Å². The lowest BCUT2D eigenvalue weighted by atomic mass is 9.95. The first-order chi connectivity index (χ1) is 17.4.